The van der Waals surface area contributed by atoms with Crippen LogP contribution in [-0.4, -0.2) is 41.5 Å². The Kier molecular flexibility index (Phi) is 5.69. The monoisotopic (exact) mass is 306 g/mol. The maximum atomic E-state index is 12.1. The van der Waals surface area contributed by atoms with E-state index in [1.54, 1.807) is 21.0 Å². The molecule has 0 aliphatic carbocycles. The standard InChI is InChI=1S/C12H16Cl2N2O3/c1-4-19-10(17)5-6-15(2)12(18)9-7-8(13)11(14)16(9)3/h7H,4-6H2,1-3H3. The molecule has 106 valence electrons. The number of carbonyl (C=O) groups excluding carboxylic acids is 2. The normalized spacial score (nSPS) is 10.4. The van der Waals surface area contributed by atoms with Gasteiger partial charge in [0, 0.05) is 20.6 Å². The highest BCUT2D eigenvalue weighted by molar-refractivity contribution is 6.41. The van der Waals surface area contributed by atoms with Gasteiger partial charge in [-0.3, -0.25) is 9.59 Å². The molecule has 7 heteroatoms. The predicted molar refractivity (Wildman–Crippen MR) is 73.6 cm³/mol. The number of carbonyl (C=O) groups is 2. The molecule has 5 nitrogen and oxygen atoms in total. The van der Waals surface area contributed by atoms with Crippen LogP contribution >= 0.6 is 23.2 Å². The van der Waals surface area contributed by atoms with Crippen molar-refractivity contribution in [3.8, 4) is 0 Å². The molecule has 0 radical (unpaired) electrons. The van der Waals surface area contributed by atoms with Crippen molar-refractivity contribution in [1.82, 2.24) is 9.47 Å². The van der Waals surface area contributed by atoms with Crippen molar-refractivity contribution in [1.29, 1.82) is 0 Å². The summed E-state index contributed by atoms with van der Waals surface area (Å²) in [6, 6.07) is 1.51. The van der Waals surface area contributed by atoms with E-state index >= 15 is 0 Å². The van der Waals surface area contributed by atoms with Gasteiger partial charge in [0.1, 0.15) is 10.8 Å². The maximum absolute atomic E-state index is 12.1. The maximum Gasteiger partial charge on any atom is 0.307 e. The van der Waals surface area contributed by atoms with Crippen LogP contribution in [0.4, 0.5) is 0 Å². The third-order valence-electron chi connectivity index (χ3n) is 2.64. The van der Waals surface area contributed by atoms with Gasteiger partial charge in [-0.1, -0.05) is 23.2 Å². The number of amides is 1. The molecule has 0 aromatic carbocycles. The minimum Gasteiger partial charge on any atom is -0.466 e. The van der Waals surface area contributed by atoms with E-state index < -0.39 is 0 Å². The molecule has 0 saturated heterocycles. The lowest BCUT2D eigenvalue weighted by Gasteiger charge is -2.17. The van der Waals surface area contributed by atoms with Crippen LogP contribution in [0.2, 0.25) is 10.2 Å². The summed E-state index contributed by atoms with van der Waals surface area (Å²) >= 11 is 11.8. The molecule has 1 amide bonds. The van der Waals surface area contributed by atoms with Crippen molar-refractivity contribution in [3.05, 3.63) is 21.9 Å². The number of ether oxygens (including phenoxy) is 1. The summed E-state index contributed by atoms with van der Waals surface area (Å²) < 4.78 is 6.31. The minimum absolute atomic E-state index is 0.155. The molecule has 0 fully saturated rings. The van der Waals surface area contributed by atoms with Crippen LogP contribution in [0.1, 0.15) is 23.8 Å². The number of rotatable bonds is 5. The first-order chi connectivity index (χ1) is 8.88. The summed E-state index contributed by atoms with van der Waals surface area (Å²) in [5, 5.41) is 0.634. The van der Waals surface area contributed by atoms with Gasteiger partial charge in [0.05, 0.1) is 18.1 Å². The van der Waals surface area contributed by atoms with Crippen LogP contribution in [0.25, 0.3) is 0 Å². The number of hydrogen-bond donors (Lipinski definition) is 0. The number of esters is 1. The molecule has 0 bridgehead atoms. The van der Waals surface area contributed by atoms with E-state index in [4.69, 9.17) is 27.9 Å². The molecule has 1 heterocycles. The number of hydrogen-bond acceptors (Lipinski definition) is 3. The number of halogens is 2. The van der Waals surface area contributed by atoms with E-state index in [1.807, 2.05) is 0 Å². The fourth-order valence-electron chi connectivity index (χ4n) is 1.54. The summed E-state index contributed by atoms with van der Waals surface area (Å²) in [5.74, 6) is -0.578. The van der Waals surface area contributed by atoms with Crippen molar-refractivity contribution < 1.29 is 14.3 Å². The molecule has 1 aromatic rings. The summed E-state index contributed by atoms with van der Waals surface area (Å²) in [6.45, 7) is 2.35. The summed E-state index contributed by atoms with van der Waals surface area (Å²) in [6.07, 6.45) is 0.155. The van der Waals surface area contributed by atoms with E-state index in [0.29, 0.717) is 22.5 Å². The molecule has 0 unspecified atom stereocenters. The molecule has 0 atom stereocenters. The second kappa shape index (κ2) is 6.82. The number of aromatic nitrogens is 1. The fraction of sp³-hybridized carbons (Fsp3) is 0.500. The lowest BCUT2D eigenvalue weighted by atomic mass is 10.3. The second-order valence-corrected chi connectivity index (χ2v) is 4.77. The Bertz CT molecular complexity index is 486. The minimum atomic E-state index is -0.329. The van der Waals surface area contributed by atoms with Crippen LogP contribution in [0.5, 0.6) is 0 Å². The lowest BCUT2D eigenvalue weighted by Crippen LogP contribution is -2.30. The molecule has 0 spiro atoms. The molecular formula is C12H16Cl2N2O3. The van der Waals surface area contributed by atoms with Gasteiger partial charge in [-0.15, -0.1) is 0 Å². The molecule has 0 aliphatic rings. The molecule has 0 N–H and O–H groups in total. The van der Waals surface area contributed by atoms with Gasteiger partial charge in [0.15, 0.2) is 0 Å². The van der Waals surface area contributed by atoms with Gasteiger partial charge in [-0.25, -0.2) is 0 Å². The van der Waals surface area contributed by atoms with Crippen molar-refractivity contribution in [2.45, 2.75) is 13.3 Å². The van der Waals surface area contributed by atoms with Gasteiger partial charge in [-0.05, 0) is 13.0 Å². The highest BCUT2D eigenvalue weighted by Crippen LogP contribution is 2.25. The Hall–Kier alpha value is -1.20. The molecular weight excluding hydrogens is 291 g/mol. The molecule has 1 rings (SSSR count). The molecule has 0 aliphatic heterocycles. The first-order valence-corrected chi connectivity index (χ1v) is 6.55. The average molecular weight is 307 g/mol. The van der Waals surface area contributed by atoms with E-state index in [9.17, 15) is 9.59 Å². The van der Waals surface area contributed by atoms with Gasteiger partial charge in [0.2, 0.25) is 0 Å². The van der Waals surface area contributed by atoms with Crippen LogP contribution in [-0.2, 0) is 16.6 Å². The highest BCUT2D eigenvalue weighted by Gasteiger charge is 2.19. The van der Waals surface area contributed by atoms with Gasteiger partial charge >= 0.3 is 5.97 Å². The summed E-state index contributed by atoms with van der Waals surface area (Å²) in [4.78, 5) is 24.8. The Balaban J connectivity index is 2.67. The van der Waals surface area contributed by atoms with Gasteiger partial charge in [0.25, 0.3) is 5.91 Å². The molecule has 19 heavy (non-hydrogen) atoms. The van der Waals surface area contributed by atoms with E-state index in [-0.39, 0.29) is 24.8 Å². The lowest BCUT2D eigenvalue weighted by molar-refractivity contribution is -0.143. The fourth-order valence-corrected chi connectivity index (χ4v) is 1.91. The third kappa shape index (κ3) is 3.88. The average Bonchev–Trinajstić information content (AvgIpc) is 2.63. The van der Waals surface area contributed by atoms with Crippen molar-refractivity contribution >= 4 is 35.1 Å². The van der Waals surface area contributed by atoms with Crippen molar-refractivity contribution in [2.75, 3.05) is 20.2 Å². The van der Waals surface area contributed by atoms with Crippen LogP contribution in [0.15, 0.2) is 6.07 Å². The smallest absolute Gasteiger partial charge is 0.307 e. The highest BCUT2D eigenvalue weighted by atomic mass is 35.5. The number of nitrogens with zero attached hydrogens (tertiary/aromatic N) is 2. The Labute approximate surface area is 122 Å². The zero-order chi connectivity index (χ0) is 14.6. The first-order valence-electron chi connectivity index (χ1n) is 5.80. The second-order valence-electron chi connectivity index (χ2n) is 4.01. The van der Waals surface area contributed by atoms with E-state index in [0.717, 1.165) is 0 Å². The quantitative estimate of drug-likeness (QED) is 0.785. The van der Waals surface area contributed by atoms with Crippen molar-refractivity contribution in [2.24, 2.45) is 7.05 Å². The topological polar surface area (TPSA) is 51.5 Å². The van der Waals surface area contributed by atoms with Crippen LogP contribution < -0.4 is 0 Å². The van der Waals surface area contributed by atoms with Gasteiger partial charge in [-0.2, -0.15) is 0 Å². The van der Waals surface area contributed by atoms with Crippen LogP contribution in [0, 0.1) is 0 Å². The Morgan fingerprint density at radius 3 is 2.53 bits per heavy atom. The van der Waals surface area contributed by atoms with E-state index in [2.05, 4.69) is 0 Å². The van der Waals surface area contributed by atoms with Crippen molar-refractivity contribution in [3.63, 3.8) is 0 Å². The summed E-state index contributed by atoms with van der Waals surface area (Å²) in [7, 11) is 3.26. The first kappa shape index (κ1) is 15.9. The largest absolute Gasteiger partial charge is 0.466 e. The molecule has 1 aromatic heterocycles. The molecule has 0 saturated carbocycles. The SMILES string of the molecule is CCOC(=O)CCN(C)C(=O)c1cc(Cl)c(Cl)n1C. The van der Waals surface area contributed by atoms with E-state index in [1.165, 1.54) is 15.5 Å². The summed E-state index contributed by atoms with van der Waals surface area (Å²) in [5.41, 5.74) is 0.376. The Morgan fingerprint density at radius 1 is 1.42 bits per heavy atom. The zero-order valence-corrected chi connectivity index (χ0v) is 12.6. The predicted octanol–water partition coefficient (Wildman–Crippen LogP) is 2.36. The third-order valence-corrected chi connectivity index (χ3v) is 3.48. The van der Waals surface area contributed by atoms with Crippen LogP contribution in [0.3, 0.4) is 0 Å². The zero-order valence-electron chi connectivity index (χ0n) is 11.1. The Morgan fingerprint density at radius 2 is 2.05 bits per heavy atom. The van der Waals surface area contributed by atoms with Gasteiger partial charge < -0.3 is 14.2 Å².